The van der Waals surface area contributed by atoms with Crippen LogP contribution < -0.4 is 5.32 Å². The van der Waals surface area contributed by atoms with Gasteiger partial charge in [-0.1, -0.05) is 42.5 Å². The van der Waals surface area contributed by atoms with Crippen molar-refractivity contribution in [1.29, 1.82) is 0 Å². The highest BCUT2D eigenvalue weighted by Gasteiger charge is 2.42. The zero-order valence-corrected chi connectivity index (χ0v) is 15.8. The van der Waals surface area contributed by atoms with Gasteiger partial charge in [0, 0.05) is 24.2 Å². The molecule has 7 heteroatoms. The maximum atomic E-state index is 13.2. The molecular formula is C19H21ClN2O3S. The summed E-state index contributed by atoms with van der Waals surface area (Å²) in [6.45, 7) is 2.77. The fourth-order valence-corrected chi connectivity index (χ4v) is 5.51. The molecule has 2 aromatic rings. The van der Waals surface area contributed by atoms with Gasteiger partial charge in [0.1, 0.15) is 0 Å². The van der Waals surface area contributed by atoms with Crippen LogP contribution in [0.15, 0.2) is 59.5 Å². The summed E-state index contributed by atoms with van der Waals surface area (Å²) in [6.07, 6.45) is 0. The number of carbonyl (C=O) groups excluding carboxylic acids is 1. The Bertz CT molecular complexity index is 890. The third kappa shape index (κ3) is 3.30. The highest BCUT2D eigenvalue weighted by Crippen LogP contribution is 2.32. The van der Waals surface area contributed by atoms with Gasteiger partial charge in [-0.2, -0.15) is 4.31 Å². The maximum absolute atomic E-state index is 13.2. The molecule has 138 valence electrons. The van der Waals surface area contributed by atoms with Crippen molar-refractivity contribution in [3.8, 4) is 0 Å². The number of rotatable bonds is 4. The minimum absolute atomic E-state index is 0. The second-order valence-electron chi connectivity index (χ2n) is 6.69. The van der Waals surface area contributed by atoms with Crippen molar-refractivity contribution in [2.45, 2.75) is 4.90 Å². The van der Waals surface area contributed by atoms with Gasteiger partial charge in [-0.25, -0.2) is 8.42 Å². The van der Waals surface area contributed by atoms with Crippen LogP contribution in [-0.4, -0.2) is 44.7 Å². The van der Waals surface area contributed by atoms with E-state index in [-0.39, 0.29) is 28.6 Å². The molecule has 5 nitrogen and oxygen atoms in total. The highest BCUT2D eigenvalue weighted by molar-refractivity contribution is 7.89. The molecule has 0 saturated carbocycles. The Balaban J connectivity index is 0.00000196. The summed E-state index contributed by atoms with van der Waals surface area (Å²) >= 11 is 0. The van der Waals surface area contributed by atoms with Crippen LogP contribution >= 0.6 is 12.4 Å². The lowest BCUT2D eigenvalue weighted by Crippen LogP contribution is -2.32. The summed E-state index contributed by atoms with van der Waals surface area (Å²) in [4.78, 5) is 12.9. The van der Waals surface area contributed by atoms with Gasteiger partial charge in [0.25, 0.3) is 0 Å². The molecule has 2 heterocycles. The predicted molar refractivity (Wildman–Crippen MR) is 102 cm³/mol. The average Bonchev–Trinajstić information content (AvgIpc) is 3.24. The van der Waals surface area contributed by atoms with E-state index in [1.54, 1.807) is 46.8 Å². The molecule has 2 aromatic carbocycles. The topological polar surface area (TPSA) is 66.5 Å². The summed E-state index contributed by atoms with van der Waals surface area (Å²) in [7, 11) is -3.68. The molecule has 0 aromatic heterocycles. The third-order valence-corrected chi connectivity index (χ3v) is 7.03. The first-order valence-electron chi connectivity index (χ1n) is 8.47. The molecule has 1 N–H and O–H groups in total. The molecule has 0 amide bonds. The van der Waals surface area contributed by atoms with Crippen LogP contribution in [0.25, 0.3) is 0 Å². The SMILES string of the molecule is Cl.O=C(c1ccccc1)c1ccccc1S(=O)(=O)N1C[C@H]2CNC[C@H]2C1. The van der Waals surface area contributed by atoms with Crippen LogP contribution in [0, 0.1) is 11.8 Å². The number of ketones is 1. The lowest BCUT2D eigenvalue weighted by atomic mass is 10.0. The molecule has 0 bridgehead atoms. The largest absolute Gasteiger partial charge is 0.316 e. The highest BCUT2D eigenvalue weighted by atomic mass is 35.5. The van der Waals surface area contributed by atoms with Crippen LogP contribution in [0.1, 0.15) is 15.9 Å². The zero-order valence-electron chi connectivity index (χ0n) is 14.2. The minimum atomic E-state index is -3.68. The number of benzene rings is 2. The van der Waals surface area contributed by atoms with Gasteiger partial charge in [-0.05, 0) is 37.1 Å². The number of fused-ring (bicyclic) bond motifs is 1. The molecule has 26 heavy (non-hydrogen) atoms. The predicted octanol–water partition coefficient (Wildman–Crippen LogP) is 2.18. The van der Waals surface area contributed by atoms with E-state index in [0.717, 1.165) is 13.1 Å². The second kappa shape index (κ2) is 7.48. The Morgan fingerprint density at radius 3 is 2.15 bits per heavy atom. The van der Waals surface area contributed by atoms with E-state index in [1.165, 1.54) is 6.07 Å². The van der Waals surface area contributed by atoms with Gasteiger partial charge in [0.15, 0.2) is 5.78 Å². The van der Waals surface area contributed by atoms with Gasteiger partial charge in [0.2, 0.25) is 10.0 Å². The maximum Gasteiger partial charge on any atom is 0.243 e. The van der Waals surface area contributed by atoms with E-state index in [4.69, 9.17) is 0 Å². The first kappa shape index (κ1) is 19.0. The van der Waals surface area contributed by atoms with Crippen LogP contribution in [0.3, 0.4) is 0 Å². The van der Waals surface area contributed by atoms with Crippen LogP contribution in [0.4, 0.5) is 0 Å². The number of sulfonamides is 1. The fraction of sp³-hybridized carbons (Fsp3) is 0.316. The number of nitrogens with zero attached hydrogens (tertiary/aromatic N) is 1. The summed E-state index contributed by atoms with van der Waals surface area (Å²) < 4.78 is 27.9. The quantitative estimate of drug-likeness (QED) is 0.810. The number of nitrogens with one attached hydrogen (secondary N) is 1. The number of carbonyl (C=O) groups is 1. The van der Waals surface area contributed by atoms with E-state index in [2.05, 4.69) is 5.32 Å². The Kier molecular flexibility index (Phi) is 5.48. The van der Waals surface area contributed by atoms with Crippen molar-refractivity contribution in [1.82, 2.24) is 9.62 Å². The molecule has 0 spiro atoms. The van der Waals surface area contributed by atoms with Crippen molar-refractivity contribution in [3.05, 3.63) is 65.7 Å². The molecule has 2 fully saturated rings. The summed E-state index contributed by atoms with van der Waals surface area (Å²) in [5, 5.41) is 3.31. The molecule has 0 radical (unpaired) electrons. The van der Waals surface area contributed by atoms with Crippen molar-refractivity contribution >= 4 is 28.2 Å². The van der Waals surface area contributed by atoms with Gasteiger partial charge < -0.3 is 5.32 Å². The van der Waals surface area contributed by atoms with Gasteiger partial charge in [-0.15, -0.1) is 12.4 Å². The Labute approximate surface area is 159 Å². The average molecular weight is 393 g/mol. The summed E-state index contributed by atoms with van der Waals surface area (Å²) in [6, 6.07) is 15.3. The van der Waals surface area contributed by atoms with E-state index in [1.807, 2.05) is 6.07 Å². The molecule has 2 saturated heterocycles. The monoisotopic (exact) mass is 392 g/mol. The summed E-state index contributed by atoms with van der Waals surface area (Å²) in [5.74, 6) is 0.472. The van der Waals surface area contributed by atoms with Crippen molar-refractivity contribution in [3.63, 3.8) is 0 Å². The molecule has 0 aliphatic carbocycles. The van der Waals surface area contributed by atoms with Crippen LogP contribution in [0.5, 0.6) is 0 Å². The van der Waals surface area contributed by atoms with Crippen molar-refractivity contribution in [2.75, 3.05) is 26.2 Å². The normalized spacial score (nSPS) is 22.6. The standard InChI is InChI=1S/C19H20N2O3S.ClH/c22-19(14-6-2-1-3-7-14)17-8-4-5-9-18(17)25(23,24)21-12-15-10-20-11-16(15)13-21;/h1-9,15-16,20H,10-13H2;1H/t15-,16+;. The van der Waals surface area contributed by atoms with E-state index in [9.17, 15) is 13.2 Å². The fourth-order valence-electron chi connectivity index (χ4n) is 3.77. The lowest BCUT2D eigenvalue weighted by Gasteiger charge is -2.19. The second-order valence-corrected chi connectivity index (χ2v) is 8.60. The summed E-state index contributed by atoms with van der Waals surface area (Å²) in [5.41, 5.74) is 0.733. The zero-order chi connectivity index (χ0) is 17.4. The Hall–Kier alpha value is -1.73. The molecule has 2 atom stereocenters. The van der Waals surface area contributed by atoms with Gasteiger partial charge in [0.05, 0.1) is 4.90 Å². The molecular weight excluding hydrogens is 372 g/mol. The van der Waals surface area contributed by atoms with Crippen molar-refractivity contribution < 1.29 is 13.2 Å². The molecule has 2 aliphatic heterocycles. The van der Waals surface area contributed by atoms with E-state index >= 15 is 0 Å². The Morgan fingerprint density at radius 2 is 1.50 bits per heavy atom. The first-order chi connectivity index (χ1) is 12.1. The van der Waals surface area contributed by atoms with E-state index < -0.39 is 10.0 Å². The number of hydrogen-bond donors (Lipinski definition) is 1. The first-order valence-corrected chi connectivity index (χ1v) is 9.91. The minimum Gasteiger partial charge on any atom is -0.316 e. The lowest BCUT2D eigenvalue weighted by molar-refractivity contribution is 0.103. The Morgan fingerprint density at radius 1 is 0.923 bits per heavy atom. The third-order valence-electron chi connectivity index (χ3n) is 5.14. The molecule has 4 rings (SSSR count). The molecule has 0 unspecified atom stereocenters. The van der Waals surface area contributed by atoms with Crippen molar-refractivity contribution in [2.24, 2.45) is 11.8 Å². The number of hydrogen-bond acceptors (Lipinski definition) is 4. The van der Waals surface area contributed by atoms with E-state index in [0.29, 0.717) is 30.5 Å². The van der Waals surface area contributed by atoms with Gasteiger partial charge >= 0.3 is 0 Å². The number of halogens is 1. The smallest absolute Gasteiger partial charge is 0.243 e. The van der Waals surface area contributed by atoms with Gasteiger partial charge in [-0.3, -0.25) is 4.79 Å². The van der Waals surface area contributed by atoms with Crippen LogP contribution in [0.2, 0.25) is 0 Å². The van der Waals surface area contributed by atoms with Crippen LogP contribution in [-0.2, 0) is 10.0 Å². The molecule has 2 aliphatic rings.